The third kappa shape index (κ3) is 3.64. The first kappa shape index (κ1) is 14.2. The molecule has 2 aromatic carbocycles. The Bertz CT molecular complexity index is 598. The van der Waals surface area contributed by atoms with Gasteiger partial charge in [0, 0.05) is 16.9 Å². The maximum atomic E-state index is 5.36. The van der Waals surface area contributed by atoms with Crippen molar-refractivity contribution in [1.82, 2.24) is 0 Å². The summed E-state index contributed by atoms with van der Waals surface area (Å²) in [4.78, 5) is 0. The van der Waals surface area contributed by atoms with Gasteiger partial charge in [-0.1, -0.05) is 42.5 Å². The number of rotatable bonds is 0. The summed E-state index contributed by atoms with van der Waals surface area (Å²) < 4.78 is 0. The van der Waals surface area contributed by atoms with E-state index in [-0.39, 0.29) is 5.54 Å². The minimum absolute atomic E-state index is 0.0818. The predicted molar refractivity (Wildman–Crippen MR) is 88.6 cm³/mol. The van der Waals surface area contributed by atoms with E-state index in [1.54, 1.807) is 0 Å². The molecule has 0 spiro atoms. The number of para-hydroxylation sites is 2. The van der Waals surface area contributed by atoms with Gasteiger partial charge in [-0.3, -0.25) is 0 Å². The van der Waals surface area contributed by atoms with Crippen LogP contribution in [0.15, 0.2) is 60.7 Å². The Morgan fingerprint density at radius 3 is 2.10 bits per heavy atom. The maximum absolute atomic E-state index is 5.36. The number of fused-ring (bicyclic) bond motifs is 1. The Balaban J connectivity index is 0.000000178. The molecule has 0 aliphatic carbocycles. The Morgan fingerprint density at radius 2 is 1.50 bits per heavy atom. The lowest BCUT2D eigenvalue weighted by atomic mass is 9.91. The van der Waals surface area contributed by atoms with Crippen LogP contribution in [0, 0.1) is 0 Å². The van der Waals surface area contributed by atoms with E-state index in [0.29, 0.717) is 0 Å². The van der Waals surface area contributed by atoms with E-state index in [1.807, 2.05) is 30.3 Å². The fraction of sp³-hybridized carbons (Fsp3) is 0.222. The van der Waals surface area contributed by atoms with Crippen LogP contribution in [0.3, 0.4) is 0 Å². The van der Waals surface area contributed by atoms with Crippen LogP contribution in [0.5, 0.6) is 0 Å². The molecule has 2 heteroatoms. The number of allylic oxidation sites excluding steroid dienone is 1. The molecule has 104 valence electrons. The highest BCUT2D eigenvalue weighted by Gasteiger charge is 2.21. The molecule has 3 rings (SSSR count). The smallest absolute Gasteiger partial charge is 0.0505 e. The summed E-state index contributed by atoms with van der Waals surface area (Å²) in [5.41, 5.74) is 10.2. The SMILES string of the molecule is CC1=CC(C)(C)Nc2ccccc21.Nc1ccccc1. The van der Waals surface area contributed by atoms with Crippen molar-refractivity contribution < 1.29 is 0 Å². The molecule has 1 heterocycles. The molecule has 1 aliphatic heterocycles. The predicted octanol–water partition coefficient (Wildman–Crippen LogP) is 4.56. The van der Waals surface area contributed by atoms with Crippen molar-refractivity contribution in [2.45, 2.75) is 26.3 Å². The van der Waals surface area contributed by atoms with Gasteiger partial charge in [-0.05, 0) is 44.5 Å². The van der Waals surface area contributed by atoms with Gasteiger partial charge in [-0.2, -0.15) is 0 Å². The molecule has 20 heavy (non-hydrogen) atoms. The zero-order valence-electron chi connectivity index (χ0n) is 12.4. The third-order valence-corrected chi connectivity index (χ3v) is 3.19. The lowest BCUT2D eigenvalue weighted by Gasteiger charge is -2.31. The van der Waals surface area contributed by atoms with Crippen LogP contribution in [0.1, 0.15) is 26.3 Å². The van der Waals surface area contributed by atoms with Crippen molar-refractivity contribution in [3.63, 3.8) is 0 Å². The number of benzene rings is 2. The van der Waals surface area contributed by atoms with Crippen molar-refractivity contribution in [3.8, 4) is 0 Å². The molecule has 0 saturated carbocycles. The summed E-state index contributed by atoms with van der Waals surface area (Å²) in [6.45, 7) is 6.54. The number of nitrogens with two attached hydrogens (primary N) is 1. The maximum Gasteiger partial charge on any atom is 0.0505 e. The number of hydrogen-bond acceptors (Lipinski definition) is 2. The fourth-order valence-corrected chi connectivity index (χ4v) is 2.39. The Hall–Kier alpha value is -2.22. The molecule has 0 fully saturated rings. The zero-order chi connectivity index (χ0) is 14.6. The average molecular weight is 266 g/mol. The molecule has 2 nitrogen and oxygen atoms in total. The molecule has 0 unspecified atom stereocenters. The second-order valence-corrected chi connectivity index (χ2v) is 5.63. The first-order valence-electron chi connectivity index (χ1n) is 6.85. The first-order valence-corrected chi connectivity index (χ1v) is 6.85. The van der Waals surface area contributed by atoms with Crippen molar-refractivity contribution in [2.24, 2.45) is 0 Å². The van der Waals surface area contributed by atoms with E-state index < -0.39 is 0 Å². The average Bonchev–Trinajstić information content (AvgIpc) is 2.39. The van der Waals surface area contributed by atoms with Crippen molar-refractivity contribution >= 4 is 16.9 Å². The van der Waals surface area contributed by atoms with Gasteiger partial charge in [0.1, 0.15) is 0 Å². The van der Waals surface area contributed by atoms with Gasteiger partial charge in [-0.15, -0.1) is 0 Å². The fourth-order valence-electron chi connectivity index (χ4n) is 2.39. The summed E-state index contributed by atoms with van der Waals surface area (Å²) in [5, 5.41) is 3.49. The van der Waals surface area contributed by atoms with Gasteiger partial charge < -0.3 is 11.1 Å². The quantitative estimate of drug-likeness (QED) is 0.686. The highest BCUT2D eigenvalue weighted by atomic mass is 15.0. The molecule has 3 N–H and O–H groups in total. The van der Waals surface area contributed by atoms with Crippen LogP contribution in [-0.4, -0.2) is 5.54 Å². The molecule has 0 atom stereocenters. The van der Waals surface area contributed by atoms with E-state index in [9.17, 15) is 0 Å². The van der Waals surface area contributed by atoms with E-state index in [1.165, 1.54) is 16.8 Å². The molecule has 0 saturated heterocycles. The van der Waals surface area contributed by atoms with Gasteiger partial charge in [0.2, 0.25) is 0 Å². The highest BCUT2D eigenvalue weighted by Crippen LogP contribution is 2.32. The summed E-state index contributed by atoms with van der Waals surface area (Å²) in [5.74, 6) is 0. The molecule has 0 aromatic heterocycles. The summed E-state index contributed by atoms with van der Waals surface area (Å²) >= 11 is 0. The van der Waals surface area contributed by atoms with Crippen LogP contribution in [0.2, 0.25) is 0 Å². The number of hydrogen-bond donors (Lipinski definition) is 2. The van der Waals surface area contributed by atoms with Crippen molar-refractivity contribution in [1.29, 1.82) is 0 Å². The number of nitrogens with one attached hydrogen (secondary N) is 1. The molecular formula is C18H22N2. The summed E-state index contributed by atoms with van der Waals surface area (Å²) in [6, 6.07) is 17.9. The van der Waals surface area contributed by atoms with Crippen LogP contribution >= 0.6 is 0 Å². The van der Waals surface area contributed by atoms with Crippen molar-refractivity contribution in [3.05, 3.63) is 66.2 Å². The van der Waals surface area contributed by atoms with E-state index in [2.05, 4.69) is 56.4 Å². The molecule has 0 amide bonds. The van der Waals surface area contributed by atoms with E-state index in [4.69, 9.17) is 5.73 Å². The largest absolute Gasteiger partial charge is 0.399 e. The van der Waals surface area contributed by atoms with Crippen molar-refractivity contribution in [2.75, 3.05) is 11.1 Å². The zero-order valence-corrected chi connectivity index (χ0v) is 12.4. The van der Waals surface area contributed by atoms with Crippen LogP contribution in [0.4, 0.5) is 11.4 Å². The topological polar surface area (TPSA) is 38.0 Å². The molecule has 1 aliphatic rings. The Morgan fingerprint density at radius 1 is 0.900 bits per heavy atom. The third-order valence-electron chi connectivity index (χ3n) is 3.19. The minimum atomic E-state index is 0.0818. The van der Waals surface area contributed by atoms with Gasteiger partial charge in [0.05, 0.1) is 5.54 Å². The molecular weight excluding hydrogens is 244 g/mol. The van der Waals surface area contributed by atoms with E-state index >= 15 is 0 Å². The Kier molecular flexibility index (Phi) is 4.14. The second kappa shape index (κ2) is 5.83. The molecule has 0 radical (unpaired) electrons. The molecule has 2 aromatic rings. The summed E-state index contributed by atoms with van der Waals surface area (Å²) in [7, 11) is 0. The lowest BCUT2D eigenvalue weighted by Crippen LogP contribution is -2.31. The van der Waals surface area contributed by atoms with Gasteiger partial charge >= 0.3 is 0 Å². The first-order chi connectivity index (χ1) is 9.48. The van der Waals surface area contributed by atoms with Gasteiger partial charge in [0.25, 0.3) is 0 Å². The standard InChI is InChI=1S/C12H15N.C6H7N/c1-9-8-12(2,3)13-11-7-5-4-6-10(9)11;7-6-4-2-1-3-5-6/h4-8,13H,1-3H3;1-5H,7H2. The monoisotopic (exact) mass is 266 g/mol. The Labute approximate surface area is 121 Å². The second-order valence-electron chi connectivity index (χ2n) is 5.63. The lowest BCUT2D eigenvalue weighted by molar-refractivity contribution is 0.707. The van der Waals surface area contributed by atoms with Crippen LogP contribution in [0.25, 0.3) is 5.57 Å². The highest BCUT2D eigenvalue weighted by molar-refractivity contribution is 5.79. The molecule has 0 bridgehead atoms. The van der Waals surface area contributed by atoms with Crippen LogP contribution < -0.4 is 11.1 Å². The summed E-state index contributed by atoms with van der Waals surface area (Å²) in [6.07, 6.45) is 2.27. The van der Waals surface area contributed by atoms with E-state index in [0.717, 1.165) is 5.69 Å². The van der Waals surface area contributed by atoms with Crippen LogP contribution in [-0.2, 0) is 0 Å². The van der Waals surface area contributed by atoms with Gasteiger partial charge in [-0.25, -0.2) is 0 Å². The van der Waals surface area contributed by atoms with Gasteiger partial charge in [0.15, 0.2) is 0 Å². The normalized spacial score (nSPS) is 15.1. The minimum Gasteiger partial charge on any atom is -0.399 e. The number of anilines is 2. The number of nitrogen functional groups attached to an aromatic ring is 1.